The van der Waals surface area contributed by atoms with Gasteiger partial charge in [0.2, 0.25) is 0 Å². The second-order valence-corrected chi connectivity index (χ2v) is 16.5. The van der Waals surface area contributed by atoms with Crippen molar-refractivity contribution in [2.75, 3.05) is 6.61 Å². The van der Waals surface area contributed by atoms with Crippen LogP contribution in [0.2, 0.25) is 22.9 Å². The van der Waals surface area contributed by atoms with Gasteiger partial charge >= 0.3 is 184 Å². The molecular weight excluding hydrogens is 467 g/mol. The number of H-pyrrole nitrogens is 1. The maximum absolute atomic E-state index is 12.3. The molecule has 9 heteroatoms. The minimum atomic E-state index is -2.01. The van der Waals surface area contributed by atoms with Crippen LogP contribution in [0.4, 0.5) is 0 Å². The quantitative estimate of drug-likeness (QED) is 0.592. The van der Waals surface area contributed by atoms with Gasteiger partial charge in [0.1, 0.15) is 0 Å². The Kier molecular flexibility index (Phi) is 6.91. The summed E-state index contributed by atoms with van der Waals surface area (Å²) in [6.07, 6.45) is -0.725. The van der Waals surface area contributed by atoms with Gasteiger partial charge in [-0.3, -0.25) is 0 Å². The first kappa shape index (κ1) is 23.2. The molecule has 1 aromatic heterocycles. The molecule has 164 valence electrons. The maximum atomic E-state index is 12.3. The van der Waals surface area contributed by atoms with Crippen molar-refractivity contribution in [3.05, 3.63) is 63.4 Å². The summed E-state index contributed by atoms with van der Waals surface area (Å²) in [5.41, 5.74) is -1.07. The first-order valence-electron chi connectivity index (χ1n) is 10.0. The van der Waals surface area contributed by atoms with Crippen molar-refractivity contribution < 1.29 is 14.3 Å². The Hall–Kier alpha value is -1.48. The number of nitrogens with zero attached hydrogens (tertiary/aromatic N) is 1. The van der Waals surface area contributed by atoms with Crippen LogP contribution in [-0.4, -0.2) is 56.7 Å². The summed E-state index contributed by atoms with van der Waals surface area (Å²) >= 11 is -0.0807. The number of hydrogen-bond acceptors (Lipinski definition) is 5. The van der Waals surface area contributed by atoms with Gasteiger partial charge in [-0.25, -0.2) is 0 Å². The number of aromatic amines is 1. The summed E-state index contributed by atoms with van der Waals surface area (Å²) in [5, 5.41) is 11.2. The second kappa shape index (κ2) is 8.94. The molecular formula is C21H30N2O5SeSi. The summed E-state index contributed by atoms with van der Waals surface area (Å²) in [6.45, 7) is 11.3. The molecule has 0 spiro atoms. The molecule has 2 heterocycles. The fourth-order valence-corrected chi connectivity index (χ4v) is 6.55. The zero-order chi connectivity index (χ0) is 22.1. The standard InChI is InChI=1S/C21H30N2O5SeSi/c1-21(2,3)30(4,5)27-13-15-18(29-14-9-7-6-8-10-14)17(25)19(28-15)23-12-11-16(24)22-20(23)26/h6-12,15,17-19,25H,13H2,1-5H3,(H,22,24,26)/t15-,17+,18-,19?/m1/s1. The van der Waals surface area contributed by atoms with Crippen molar-refractivity contribution in [1.29, 1.82) is 0 Å². The molecule has 3 rings (SSSR count). The van der Waals surface area contributed by atoms with E-state index in [1.54, 1.807) is 0 Å². The van der Waals surface area contributed by atoms with E-state index in [1.807, 2.05) is 30.3 Å². The zero-order valence-electron chi connectivity index (χ0n) is 18.0. The number of aliphatic hydroxyl groups is 1. The molecule has 0 saturated carbocycles. The van der Waals surface area contributed by atoms with E-state index in [-0.39, 0.29) is 30.9 Å². The van der Waals surface area contributed by atoms with E-state index in [4.69, 9.17) is 9.16 Å². The molecule has 4 atom stereocenters. The van der Waals surface area contributed by atoms with E-state index in [0.29, 0.717) is 6.61 Å². The van der Waals surface area contributed by atoms with Gasteiger partial charge in [0.25, 0.3) is 0 Å². The molecule has 2 N–H and O–H groups in total. The van der Waals surface area contributed by atoms with Gasteiger partial charge in [0.05, 0.1) is 0 Å². The Balaban J connectivity index is 1.87. The van der Waals surface area contributed by atoms with Gasteiger partial charge in [-0.05, 0) is 0 Å². The number of benzene rings is 1. The number of rotatable bonds is 6. The molecule has 1 aromatic carbocycles. The molecule has 1 saturated heterocycles. The molecule has 7 nitrogen and oxygen atoms in total. The van der Waals surface area contributed by atoms with Crippen molar-refractivity contribution in [2.24, 2.45) is 0 Å². The summed E-state index contributed by atoms with van der Waals surface area (Å²) < 4.78 is 15.0. The van der Waals surface area contributed by atoms with E-state index in [2.05, 4.69) is 38.8 Å². The first-order chi connectivity index (χ1) is 14.0. The van der Waals surface area contributed by atoms with Crippen LogP contribution in [0.25, 0.3) is 0 Å². The van der Waals surface area contributed by atoms with E-state index >= 15 is 0 Å². The van der Waals surface area contributed by atoms with Gasteiger partial charge in [0, 0.05) is 0 Å². The van der Waals surface area contributed by atoms with Crippen molar-refractivity contribution >= 4 is 27.7 Å². The Morgan fingerprint density at radius 3 is 2.47 bits per heavy atom. The van der Waals surface area contributed by atoms with E-state index < -0.39 is 31.9 Å². The molecule has 0 radical (unpaired) electrons. The second-order valence-electron chi connectivity index (χ2n) is 9.04. The van der Waals surface area contributed by atoms with Crippen LogP contribution in [-0.2, 0) is 9.16 Å². The fraction of sp³-hybridized carbons (Fsp3) is 0.524. The molecule has 0 bridgehead atoms. The van der Waals surface area contributed by atoms with Crippen LogP contribution in [0.15, 0.2) is 52.2 Å². The molecule has 1 aliphatic heterocycles. The number of aromatic nitrogens is 2. The van der Waals surface area contributed by atoms with Crippen molar-refractivity contribution in [1.82, 2.24) is 9.55 Å². The summed E-state index contributed by atoms with van der Waals surface area (Å²) in [4.78, 5) is 25.8. The fourth-order valence-electron chi connectivity index (χ4n) is 3.02. The Morgan fingerprint density at radius 1 is 1.20 bits per heavy atom. The first-order valence-corrected chi connectivity index (χ1v) is 14.8. The van der Waals surface area contributed by atoms with Gasteiger partial charge in [0.15, 0.2) is 0 Å². The van der Waals surface area contributed by atoms with E-state index in [9.17, 15) is 14.7 Å². The summed E-state index contributed by atoms with van der Waals surface area (Å²) in [6, 6.07) is 11.3. The predicted octanol–water partition coefficient (Wildman–Crippen LogP) is 1.63. The molecule has 2 aromatic rings. The normalized spacial score (nSPS) is 24.9. The van der Waals surface area contributed by atoms with Crippen LogP contribution in [0.3, 0.4) is 0 Å². The molecule has 1 fully saturated rings. The molecule has 1 unspecified atom stereocenters. The SMILES string of the molecule is CC(C)(C)[Si](C)(C)OC[C@H]1OC(n2ccc(=O)[nH]c2=O)[C@@H](O)[C@@H]1[Se]c1ccccc1. The van der Waals surface area contributed by atoms with Crippen LogP contribution in [0.5, 0.6) is 0 Å². The van der Waals surface area contributed by atoms with Crippen LogP contribution < -0.4 is 15.7 Å². The third-order valence-electron chi connectivity index (χ3n) is 5.86. The number of aliphatic hydroxyl groups excluding tert-OH is 1. The minimum absolute atomic E-state index is 0.0551. The van der Waals surface area contributed by atoms with Crippen LogP contribution >= 0.6 is 0 Å². The topological polar surface area (TPSA) is 93.5 Å². The van der Waals surface area contributed by atoms with Gasteiger partial charge in [-0.1, -0.05) is 0 Å². The Morgan fingerprint density at radius 2 is 1.87 bits per heavy atom. The molecule has 1 aliphatic rings. The van der Waals surface area contributed by atoms with Gasteiger partial charge in [-0.15, -0.1) is 0 Å². The zero-order valence-corrected chi connectivity index (χ0v) is 20.7. The van der Waals surface area contributed by atoms with E-state index in [1.165, 1.54) is 16.8 Å². The number of nitrogens with one attached hydrogen (secondary N) is 1. The summed E-state index contributed by atoms with van der Waals surface area (Å²) in [5.74, 6) is 0. The van der Waals surface area contributed by atoms with Crippen molar-refractivity contribution in [3.8, 4) is 0 Å². The van der Waals surface area contributed by atoms with Crippen LogP contribution in [0, 0.1) is 0 Å². The van der Waals surface area contributed by atoms with Crippen molar-refractivity contribution in [3.63, 3.8) is 0 Å². The van der Waals surface area contributed by atoms with Crippen molar-refractivity contribution in [2.45, 2.75) is 62.2 Å². The third kappa shape index (κ3) is 5.04. The molecule has 0 amide bonds. The van der Waals surface area contributed by atoms with Crippen LogP contribution in [0.1, 0.15) is 27.0 Å². The third-order valence-corrected chi connectivity index (χ3v) is 13.3. The monoisotopic (exact) mass is 498 g/mol. The van der Waals surface area contributed by atoms with Gasteiger partial charge < -0.3 is 0 Å². The van der Waals surface area contributed by atoms with Gasteiger partial charge in [-0.2, -0.15) is 0 Å². The Labute approximate surface area is 183 Å². The number of hydrogen-bond donors (Lipinski definition) is 2. The molecule has 30 heavy (non-hydrogen) atoms. The summed E-state index contributed by atoms with van der Waals surface area (Å²) in [7, 11) is -2.01. The average molecular weight is 498 g/mol. The number of ether oxygens (including phenoxy) is 1. The molecule has 0 aliphatic carbocycles. The van der Waals surface area contributed by atoms with E-state index in [0.717, 1.165) is 4.46 Å². The Bertz CT molecular complexity index is 970. The average Bonchev–Trinajstić information content (AvgIpc) is 2.96. The predicted molar refractivity (Wildman–Crippen MR) is 120 cm³/mol.